The zero-order valence-corrected chi connectivity index (χ0v) is 18.2. The largest absolute Gasteiger partial charge is 0.416 e. The van der Waals surface area contributed by atoms with E-state index in [4.69, 9.17) is 0 Å². The Morgan fingerprint density at radius 1 is 1.09 bits per heavy atom. The molecule has 1 fully saturated rings. The van der Waals surface area contributed by atoms with Gasteiger partial charge in [0.15, 0.2) is 5.78 Å². The van der Waals surface area contributed by atoms with Crippen LogP contribution in [0.25, 0.3) is 0 Å². The van der Waals surface area contributed by atoms with Gasteiger partial charge in [-0.05, 0) is 49.6 Å². The van der Waals surface area contributed by atoms with Gasteiger partial charge in [-0.1, -0.05) is 30.7 Å². The van der Waals surface area contributed by atoms with E-state index < -0.39 is 33.7 Å². The van der Waals surface area contributed by atoms with E-state index in [0.29, 0.717) is 24.8 Å². The van der Waals surface area contributed by atoms with Crippen LogP contribution in [0.4, 0.5) is 13.2 Å². The molecule has 6 nitrogen and oxygen atoms in total. The Bertz CT molecular complexity index is 1100. The molecule has 1 saturated heterocycles. The van der Waals surface area contributed by atoms with Gasteiger partial charge in [0.1, 0.15) is 6.04 Å². The number of carbonyl (C=O) groups excluding carboxylic acids is 2. The lowest BCUT2D eigenvalue weighted by Crippen LogP contribution is -2.51. The minimum atomic E-state index is -4.49. The summed E-state index contributed by atoms with van der Waals surface area (Å²) in [4.78, 5) is 24.2. The lowest BCUT2D eigenvalue weighted by molar-refractivity contribution is -0.137. The number of hydrogen-bond donors (Lipinski definition) is 1. The molecule has 10 heteroatoms. The Morgan fingerprint density at radius 3 is 2.41 bits per heavy atom. The smallest absolute Gasteiger partial charge is 0.351 e. The predicted molar refractivity (Wildman–Crippen MR) is 111 cm³/mol. The predicted octanol–water partition coefficient (Wildman–Crippen LogP) is 3.77. The van der Waals surface area contributed by atoms with Crippen LogP contribution in [0, 0.1) is 0 Å². The fraction of sp³-hybridized carbons (Fsp3) is 0.364. The second-order valence-electron chi connectivity index (χ2n) is 7.62. The van der Waals surface area contributed by atoms with Crippen molar-refractivity contribution >= 4 is 21.7 Å². The third-order valence-corrected chi connectivity index (χ3v) is 7.27. The highest BCUT2D eigenvalue weighted by Gasteiger charge is 2.37. The van der Waals surface area contributed by atoms with Gasteiger partial charge in [0.2, 0.25) is 15.9 Å². The summed E-state index contributed by atoms with van der Waals surface area (Å²) in [5.74, 6) is -0.759. The second kappa shape index (κ2) is 9.41. The molecule has 3 rings (SSSR count). The van der Waals surface area contributed by atoms with Gasteiger partial charge in [-0.2, -0.15) is 17.5 Å². The zero-order valence-electron chi connectivity index (χ0n) is 17.4. The molecule has 2 aromatic rings. The maximum atomic E-state index is 13.1. The number of rotatable bonds is 6. The van der Waals surface area contributed by atoms with Crippen LogP contribution >= 0.6 is 0 Å². The molecule has 1 N–H and O–H groups in total. The first-order chi connectivity index (χ1) is 15.0. The molecule has 1 amide bonds. The number of carbonyl (C=O) groups is 2. The van der Waals surface area contributed by atoms with Crippen LogP contribution < -0.4 is 5.32 Å². The Labute approximate surface area is 184 Å². The van der Waals surface area contributed by atoms with Crippen LogP contribution in [-0.2, 0) is 27.5 Å². The van der Waals surface area contributed by atoms with Gasteiger partial charge in [-0.3, -0.25) is 9.59 Å². The number of hydrogen-bond acceptors (Lipinski definition) is 4. The molecule has 1 aliphatic rings. The molecule has 0 spiro atoms. The minimum absolute atomic E-state index is 0.0277. The summed E-state index contributed by atoms with van der Waals surface area (Å²) in [7, 11) is -4.00. The van der Waals surface area contributed by atoms with E-state index >= 15 is 0 Å². The van der Waals surface area contributed by atoms with E-state index in [1.807, 2.05) is 0 Å². The fourth-order valence-electron chi connectivity index (χ4n) is 3.62. The Balaban J connectivity index is 1.76. The number of benzene rings is 2. The number of nitrogens with zero attached hydrogens (tertiary/aromatic N) is 1. The Morgan fingerprint density at radius 2 is 1.78 bits per heavy atom. The number of Topliss-reactive ketones (excluding diaryl/α,β-unsaturated/α-hetero) is 1. The van der Waals surface area contributed by atoms with Crippen molar-refractivity contribution in [1.29, 1.82) is 0 Å². The summed E-state index contributed by atoms with van der Waals surface area (Å²) in [6.07, 6.45) is -2.95. The maximum absolute atomic E-state index is 13.1. The van der Waals surface area contributed by atoms with Crippen molar-refractivity contribution in [1.82, 2.24) is 9.62 Å². The van der Waals surface area contributed by atoms with Gasteiger partial charge in [-0.25, -0.2) is 8.42 Å². The van der Waals surface area contributed by atoms with E-state index in [1.54, 1.807) is 0 Å². The van der Waals surface area contributed by atoms with Crippen molar-refractivity contribution in [2.75, 3.05) is 6.54 Å². The van der Waals surface area contributed by atoms with Gasteiger partial charge < -0.3 is 5.32 Å². The molecule has 2 aromatic carbocycles. The van der Waals surface area contributed by atoms with Crippen LogP contribution in [0.5, 0.6) is 0 Å². The lowest BCUT2D eigenvalue weighted by Gasteiger charge is -2.33. The minimum Gasteiger partial charge on any atom is -0.351 e. The molecule has 0 bridgehead atoms. The molecule has 0 aromatic heterocycles. The third kappa shape index (κ3) is 5.36. The summed E-state index contributed by atoms with van der Waals surface area (Å²) in [6.45, 7) is 1.37. The van der Waals surface area contributed by atoms with Crippen molar-refractivity contribution in [3.8, 4) is 0 Å². The average molecular weight is 468 g/mol. The maximum Gasteiger partial charge on any atom is 0.416 e. The highest BCUT2D eigenvalue weighted by atomic mass is 32.2. The average Bonchev–Trinajstić information content (AvgIpc) is 2.77. The number of sulfonamides is 1. The Kier molecular flexibility index (Phi) is 7.04. The number of nitrogens with one attached hydrogen (secondary N) is 1. The number of alkyl halides is 3. The molecule has 32 heavy (non-hydrogen) atoms. The lowest BCUT2D eigenvalue weighted by atomic mass is 10.0. The van der Waals surface area contributed by atoms with Gasteiger partial charge in [-0.15, -0.1) is 0 Å². The number of amides is 1. The Hall–Kier alpha value is -2.72. The SMILES string of the molecule is CC(=O)c1ccc(S(=O)(=O)N2CCCCC2C(=O)NCc2cccc(C(F)(F)F)c2)cc1. The molecule has 0 aliphatic carbocycles. The van der Waals surface area contributed by atoms with Gasteiger partial charge in [0.05, 0.1) is 10.5 Å². The summed E-state index contributed by atoms with van der Waals surface area (Å²) in [6, 6.07) is 9.14. The van der Waals surface area contributed by atoms with E-state index in [9.17, 15) is 31.2 Å². The quantitative estimate of drug-likeness (QED) is 0.655. The molecule has 172 valence electrons. The van der Waals surface area contributed by atoms with E-state index in [1.165, 1.54) is 43.3 Å². The molecule has 0 radical (unpaired) electrons. The highest BCUT2D eigenvalue weighted by Crippen LogP contribution is 2.30. The van der Waals surface area contributed by atoms with E-state index in [2.05, 4.69) is 5.32 Å². The first-order valence-corrected chi connectivity index (χ1v) is 11.5. The molecule has 1 heterocycles. The zero-order chi connectivity index (χ0) is 23.5. The normalized spacial score (nSPS) is 17.7. The van der Waals surface area contributed by atoms with Gasteiger partial charge >= 0.3 is 6.18 Å². The monoisotopic (exact) mass is 468 g/mol. The van der Waals surface area contributed by atoms with Crippen molar-refractivity contribution in [3.05, 3.63) is 65.2 Å². The highest BCUT2D eigenvalue weighted by molar-refractivity contribution is 7.89. The first kappa shape index (κ1) is 23.9. The van der Waals surface area contributed by atoms with Gasteiger partial charge in [0, 0.05) is 18.7 Å². The van der Waals surface area contributed by atoms with E-state index in [0.717, 1.165) is 16.4 Å². The number of ketones is 1. The standard InChI is InChI=1S/C22H23F3N2O4S/c1-15(28)17-8-10-19(11-9-17)32(30,31)27-12-3-2-7-20(27)21(29)26-14-16-5-4-6-18(13-16)22(23,24)25/h4-6,8-11,13,20H,2-3,7,12,14H2,1H3,(H,26,29). The van der Waals surface area contributed by atoms with Crippen molar-refractivity contribution < 1.29 is 31.2 Å². The van der Waals surface area contributed by atoms with Crippen molar-refractivity contribution in [2.45, 2.75) is 49.8 Å². The molecule has 1 aliphatic heterocycles. The summed E-state index contributed by atoms with van der Waals surface area (Å²) < 4.78 is 66.1. The summed E-state index contributed by atoms with van der Waals surface area (Å²) in [5.41, 5.74) is -0.184. The fourth-order valence-corrected chi connectivity index (χ4v) is 5.27. The number of halogens is 3. The molecule has 0 saturated carbocycles. The van der Waals surface area contributed by atoms with E-state index in [-0.39, 0.29) is 29.3 Å². The van der Waals surface area contributed by atoms with Crippen LogP contribution in [0.2, 0.25) is 0 Å². The van der Waals surface area contributed by atoms with Crippen LogP contribution in [0.15, 0.2) is 53.4 Å². The second-order valence-corrected chi connectivity index (χ2v) is 9.51. The van der Waals surface area contributed by atoms with Crippen LogP contribution in [0.3, 0.4) is 0 Å². The molecular formula is C22H23F3N2O4S. The van der Waals surface area contributed by atoms with Crippen LogP contribution in [-0.4, -0.2) is 37.0 Å². The number of piperidine rings is 1. The van der Waals surface area contributed by atoms with Crippen LogP contribution in [0.1, 0.15) is 47.7 Å². The molecular weight excluding hydrogens is 445 g/mol. The third-order valence-electron chi connectivity index (χ3n) is 5.34. The topological polar surface area (TPSA) is 83.6 Å². The van der Waals surface area contributed by atoms with Crippen molar-refractivity contribution in [2.24, 2.45) is 0 Å². The summed E-state index contributed by atoms with van der Waals surface area (Å²) >= 11 is 0. The first-order valence-electron chi connectivity index (χ1n) is 10.1. The van der Waals surface area contributed by atoms with Gasteiger partial charge in [0.25, 0.3) is 0 Å². The summed E-state index contributed by atoms with van der Waals surface area (Å²) in [5, 5.41) is 2.57. The molecule has 1 unspecified atom stereocenters. The van der Waals surface area contributed by atoms with Crippen molar-refractivity contribution in [3.63, 3.8) is 0 Å². The molecule has 1 atom stereocenters.